The maximum Gasteiger partial charge on any atom is 0.181 e. The van der Waals surface area contributed by atoms with Crippen molar-refractivity contribution in [3.8, 4) is 0 Å². The number of hydrogen-bond acceptors (Lipinski definition) is 6. The van der Waals surface area contributed by atoms with E-state index in [0.29, 0.717) is 21.1 Å². The second-order valence-corrected chi connectivity index (χ2v) is 5.36. The molecule has 1 aliphatic heterocycles. The van der Waals surface area contributed by atoms with Crippen LogP contribution in [0.5, 0.6) is 0 Å². The first-order valence-corrected chi connectivity index (χ1v) is 6.61. The number of aromatic nitrogens is 3. The molecule has 2 aromatic rings. The number of rotatable bonds is 2. The Morgan fingerprint density at radius 1 is 1.25 bits per heavy atom. The van der Waals surface area contributed by atoms with Crippen LogP contribution in [-0.4, -0.2) is 55.2 Å². The molecular formula is C11H11Cl2N3O4. The highest BCUT2D eigenvalue weighted by Crippen LogP contribution is 2.33. The van der Waals surface area contributed by atoms with Gasteiger partial charge in [-0.1, -0.05) is 28.4 Å². The molecular weight excluding hydrogens is 309 g/mol. The van der Waals surface area contributed by atoms with E-state index in [9.17, 15) is 10.2 Å². The number of aliphatic hydroxyl groups excluding tert-OH is 3. The maximum absolute atomic E-state index is 9.99. The van der Waals surface area contributed by atoms with Crippen LogP contribution < -0.4 is 0 Å². The van der Waals surface area contributed by atoms with Gasteiger partial charge in [0.2, 0.25) is 0 Å². The smallest absolute Gasteiger partial charge is 0.181 e. The molecule has 3 N–H and O–H groups in total. The molecule has 0 bridgehead atoms. The van der Waals surface area contributed by atoms with Crippen LogP contribution in [0.2, 0.25) is 10.0 Å². The lowest BCUT2D eigenvalue weighted by atomic mass is 10.1. The largest absolute Gasteiger partial charge is 0.394 e. The van der Waals surface area contributed by atoms with Crippen molar-refractivity contribution < 1.29 is 20.1 Å². The molecule has 1 aliphatic rings. The van der Waals surface area contributed by atoms with Crippen molar-refractivity contribution in [1.82, 2.24) is 15.0 Å². The third-order valence-corrected chi connectivity index (χ3v) is 3.76. The Morgan fingerprint density at radius 2 is 2.00 bits per heavy atom. The van der Waals surface area contributed by atoms with Crippen molar-refractivity contribution in [2.24, 2.45) is 0 Å². The Hall–Kier alpha value is -0.960. The molecule has 0 unspecified atom stereocenters. The van der Waals surface area contributed by atoms with Gasteiger partial charge < -0.3 is 20.1 Å². The second-order valence-electron chi connectivity index (χ2n) is 4.52. The first kappa shape index (κ1) is 14.0. The number of halogens is 2. The first-order valence-electron chi connectivity index (χ1n) is 5.85. The normalized spacial score (nSPS) is 30.2. The van der Waals surface area contributed by atoms with Crippen molar-refractivity contribution >= 4 is 34.2 Å². The highest BCUT2D eigenvalue weighted by atomic mass is 35.5. The molecule has 1 fully saturated rings. The molecule has 1 aromatic carbocycles. The lowest BCUT2D eigenvalue weighted by Crippen LogP contribution is -2.33. The SMILES string of the molecule is OC[C@H]1O[C@@H](n2nnc3c(Cl)cc(Cl)cc32)[C@H](O)[C@@H]1O. The third kappa shape index (κ3) is 2.07. The van der Waals surface area contributed by atoms with E-state index in [2.05, 4.69) is 10.3 Å². The minimum Gasteiger partial charge on any atom is -0.394 e. The summed E-state index contributed by atoms with van der Waals surface area (Å²) in [6.45, 7) is -0.414. The Labute approximate surface area is 123 Å². The topological polar surface area (TPSA) is 101 Å². The lowest BCUT2D eigenvalue weighted by molar-refractivity contribution is -0.0572. The van der Waals surface area contributed by atoms with E-state index in [-0.39, 0.29) is 0 Å². The second kappa shape index (κ2) is 5.10. The number of fused-ring (bicyclic) bond motifs is 1. The molecule has 2 heterocycles. The van der Waals surface area contributed by atoms with Crippen molar-refractivity contribution in [3.05, 3.63) is 22.2 Å². The molecule has 0 aliphatic carbocycles. The van der Waals surface area contributed by atoms with Gasteiger partial charge in [-0.15, -0.1) is 5.10 Å². The molecule has 7 nitrogen and oxygen atoms in total. The van der Waals surface area contributed by atoms with Gasteiger partial charge in [-0.2, -0.15) is 0 Å². The summed E-state index contributed by atoms with van der Waals surface area (Å²) in [5, 5.41) is 37.3. The zero-order chi connectivity index (χ0) is 14.4. The summed E-state index contributed by atoms with van der Waals surface area (Å²) >= 11 is 11.9. The molecule has 3 rings (SSSR count). The van der Waals surface area contributed by atoms with E-state index in [1.54, 1.807) is 6.07 Å². The fourth-order valence-corrected chi connectivity index (χ4v) is 2.76. The summed E-state index contributed by atoms with van der Waals surface area (Å²) in [6.07, 6.45) is -4.31. The highest BCUT2D eigenvalue weighted by molar-refractivity contribution is 6.38. The van der Waals surface area contributed by atoms with Gasteiger partial charge in [0.1, 0.15) is 23.8 Å². The van der Waals surface area contributed by atoms with Gasteiger partial charge in [0.05, 0.1) is 17.1 Å². The predicted octanol–water partition coefficient (Wildman–Crippen LogP) is 0.350. The van der Waals surface area contributed by atoms with Gasteiger partial charge in [0, 0.05) is 5.02 Å². The number of hydrogen-bond donors (Lipinski definition) is 3. The molecule has 1 aromatic heterocycles. The number of benzene rings is 1. The lowest BCUT2D eigenvalue weighted by Gasteiger charge is -2.15. The quantitative estimate of drug-likeness (QED) is 0.738. The third-order valence-electron chi connectivity index (χ3n) is 3.25. The standard InChI is InChI=1S/C11H11Cl2N3O4/c12-4-1-5(13)8-6(2-4)16(15-14-8)11-10(19)9(18)7(3-17)20-11/h1-2,7,9-11,17-19H,3H2/t7-,9-,10-,11-/m1/s1. The molecule has 0 radical (unpaired) electrons. The first-order chi connectivity index (χ1) is 9.52. The number of aliphatic hydroxyl groups is 3. The summed E-state index contributed by atoms with van der Waals surface area (Å²) in [7, 11) is 0. The van der Waals surface area contributed by atoms with E-state index in [4.69, 9.17) is 33.0 Å². The number of ether oxygens (including phenoxy) is 1. The molecule has 20 heavy (non-hydrogen) atoms. The van der Waals surface area contributed by atoms with E-state index in [1.807, 2.05) is 0 Å². The van der Waals surface area contributed by atoms with Crippen LogP contribution in [0.25, 0.3) is 11.0 Å². The fraction of sp³-hybridized carbons (Fsp3) is 0.455. The Balaban J connectivity index is 2.07. The van der Waals surface area contributed by atoms with Crippen LogP contribution in [0.3, 0.4) is 0 Å². The van der Waals surface area contributed by atoms with Gasteiger partial charge in [-0.25, -0.2) is 4.68 Å². The van der Waals surface area contributed by atoms with Gasteiger partial charge in [-0.3, -0.25) is 0 Å². The average molecular weight is 320 g/mol. The van der Waals surface area contributed by atoms with Crippen LogP contribution in [0.15, 0.2) is 12.1 Å². The minimum absolute atomic E-state index is 0.325. The van der Waals surface area contributed by atoms with E-state index < -0.39 is 31.1 Å². The Bertz CT molecular complexity index is 650. The summed E-state index contributed by atoms with van der Waals surface area (Å²) in [6, 6.07) is 3.11. The van der Waals surface area contributed by atoms with Crippen molar-refractivity contribution in [1.29, 1.82) is 0 Å². The van der Waals surface area contributed by atoms with Crippen LogP contribution in [-0.2, 0) is 4.74 Å². The zero-order valence-corrected chi connectivity index (χ0v) is 11.5. The summed E-state index contributed by atoms with van der Waals surface area (Å²) in [5.74, 6) is 0. The summed E-state index contributed by atoms with van der Waals surface area (Å²) in [4.78, 5) is 0. The fourth-order valence-electron chi connectivity index (χ4n) is 2.24. The summed E-state index contributed by atoms with van der Waals surface area (Å²) in [5.41, 5.74) is 0.881. The molecule has 4 atom stereocenters. The van der Waals surface area contributed by atoms with Crippen LogP contribution in [0.1, 0.15) is 6.23 Å². The van der Waals surface area contributed by atoms with Crippen LogP contribution in [0.4, 0.5) is 0 Å². The minimum atomic E-state index is -1.24. The summed E-state index contributed by atoms with van der Waals surface area (Å²) < 4.78 is 6.68. The van der Waals surface area contributed by atoms with Crippen LogP contribution >= 0.6 is 23.2 Å². The van der Waals surface area contributed by atoms with Crippen molar-refractivity contribution in [2.75, 3.05) is 6.61 Å². The molecule has 108 valence electrons. The molecule has 0 saturated carbocycles. The molecule has 1 saturated heterocycles. The van der Waals surface area contributed by atoms with Gasteiger partial charge in [0.25, 0.3) is 0 Å². The van der Waals surface area contributed by atoms with E-state index >= 15 is 0 Å². The maximum atomic E-state index is 9.99. The van der Waals surface area contributed by atoms with Crippen molar-refractivity contribution in [3.63, 3.8) is 0 Å². The average Bonchev–Trinajstić information content (AvgIpc) is 2.93. The van der Waals surface area contributed by atoms with Crippen molar-refractivity contribution in [2.45, 2.75) is 24.5 Å². The molecule has 0 amide bonds. The van der Waals surface area contributed by atoms with Crippen LogP contribution in [0, 0.1) is 0 Å². The van der Waals surface area contributed by atoms with E-state index in [0.717, 1.165) is 0 Å². The molecule has 9 heteroatoms. The molecule has 0 spiro atoms. The Kier molecular flexibility index (Phi) is 3.57. The predicted molar refractivity (Wildman–Crippen MR) is 70.6 cm³/mol. The monoisotopic (exact) mass is 319 g/mol. The van der Waals surface area contributed by atoms with E-state index in [1.165, 1.54) is 10.7 Å². The zero-order valence-electron chi connectivity index (χ0n) is 10.0. The van der Waals surface area contributed by atoms with Gasteiger partial charge in [-0.05, 0) is 12.1 Å². The van der Waals surface area contributed by atoms with Gasteiger partial charge >= 0.3 is 0 Å². The van der Waals surface area contributed by atoms with Gasteiger partial charge in [0.15, 0.2) is 6.23 Å². The highest BCUT2D eigenvalue weighted by Gasteiger charge is 2.44. The Morgan fingerprint density at radius 3 is 2.65 bits per heavy atom. The number of nitrogens with zero attached hydrogens (tertiary/aromatic N) is 3.